The van der Waals surface area contributed by atoms with Gasteiger partial charge in [0, 0.05) is 12.6 Å². The Morgan fingerprint density at radius 3 is 2.55 bits per heavy atom. The minimum atomic E-state index is -0.364. The molecule has 1 saturated carbocycles. The van der Waals surface area contributed by atoms with Crippen LogP contribution in [0, 0.1) is 5.92 Å². The zero-order chi connectivity index (χ0) is 14.5. The van der Waals surface area contributed by atoms with E-state index in [2.05, 4.69) is 19.2 Å². The van der Waals surface area contributed by atoms with Crippen LogP contribution in [0.1, 0.15) is 46.5 Å². The Kier molecular flexibility index (Phi) is 3.27. The molecule has 3 atom stereocenters. The fourth-order valence-corrected chi connectivity index (χ4v) is 3.50. The number of amides is 2. The van der Waals surface area contributed by atoms with Crippen molar-refractivity contribution in [3.8, 4) is 0 Å². The molecule has 3 aliphatic rings. The highest BCUT2D eigenvalue weighted by molar-refractivity contribution is 5.97. The SMILES string of the molecule is CC1C(=O)NC(C2CC2)C(=O)N1C1CCOC(C)(C)C1. The Bertz CT molecular complexity index is 431. The molecular weight excluding hydrogens is 256 g/mol. The van der Waals surface area contributed by atoms with Crippen LogP contribution in [0.5, 0.6) is 0 Å². The molecule has 0 aromatic carbocycles. The Morgan fingerprint density at radius 1 is 1.25 bits per heavy atom. The van der Waals surface area contributed by atoms with Crippen LogP contribution >= 0.6 is 0 Å². The van der Waals surface area contributed by atoms with Crippen LogP contribution in [0.25, 0.3) is 0 Å². The molecule has 0 aromatic rings. The van der Waals surface area contributed by atoms with Crippen molar-refractivity contribution < 1.29 is 14.3 Å². The van der Waals surface area contributed by atoms with Gasteiger partial charge in [-0.15, -0.1) is 0 Å². The van der Waals surface area contributed by atoms with Crippen LogP contribution in [0.15, 0.2) is 0 Å². The topological polar surface area (TPSA) is 58.6 Å². The maximum absolute atomic E-state index is 12.7. The minimum Gasteiger partial charge on any atom is -0.375 e. The third-order valence-electron chi connectivity index (χ3n) is 4.77. The molecule has 2 saturated heterocycles. The number of hydrogen-bond acceptors (Lipinski definition) is 3. The van der Waals surface area contributed by atoms with Crippen molar-refractivity contribution in [3.63, 3.8) is 0 Å². The molecular formula is C15H24N2O3. The highest BCUT2D eigenvalue weighted by atomic mass is 16.5. The molecule has 3 rings (SSSR count). The van der Waals surface area contributed by atoms with Crippen molar-refractivity contribution in [2.45, 2.75) is 70.2 Å². The van der Waals surface area contributed by atoms with E-state index in [-0.39, 0.29) is 35.5 Å². The first kappa shape index (κ1) is 13.9. The van der Waals surface area contributed by atoms with Crippen LogP contribution in [0.3, 0.4) is 0 Å². The second-order valence-corrected chi connectivity index (χ2v) is 7.00. The molecule has 3 unspecified atom stereocenters. The van der Waals surface area contributed by atoms with Crippen molar-refractivity contribution in [2.24, 2.45) is 5.92 Å². The zero-order valence-corrected chi connectivity index (χ0v) is 12.5. The van der Waals surface area contributed by atoms with E-state index in [9.17, 15) is 9.59 Å². The second kappa shape index (κ2) is 4.72. The number of rotatable bonds is 2. The summed E-state index contributed by atoms with van der Waals surface area (Å²) in [7, 11) is 0. The molecule has 2 heterocycles. The third-order valence-corrected chi connectivity index (χ3v) is 4.77. The molecule has 3 fully saturated rings. The van der Waals surface area contributed by atoms with Gasteiger partial charge in [-0.25, -0.2) is 0 Å². The highest BCUT2D eigenvalue weighted by Crippen LogP contribution is 2.37. The maximum Gasteiger partial charge on any atom is 0.246 e. The molecule has 112 valence electrons. The Balaban J connectivity index is 1.81. The summed E-state index contributed by atoms with van der Waals surface area (Å²) in [6.45, 7) is 6.59. The number of ether oxygens (including phenoxy) is 1. The molecule has 20 heavy (non-hydrogen) atoms. The lowest BCUT2D eigenvalue weighted by atomic mass is 9.90. The van der Waals surface area contributed by atoms with Gasteiger partial charge in [-0.05, 0) is 52.4 Å². The average molecular weight is 280 g/mol. The third kappa shape index (κ3) is 2.43. The van der Waals surface area contributed by atoms with Gasteiger partial charge in [-0.2, -0.15) is 0 Å². The first-order chi connectivity index (χ1) is 9.39. The predicted molar refractivity (Wildman–Crippen MR) is 74.0 cm³/mol. The van der Waals surface area contributed by atoms with Crippen molar-refractivity contribution in [3.05, 3.63) is 0 Å². The highest BCUT2D eigenvalue weighted by Gasteiger charge is 2.48. The second-order valence-electron chi connectivity index (χ2n) is 7.00. The molecule has 0 bridgehead atoms. The van der Waals surface area contributed by atoms with Gasteiger partial charge in [-0.3, -0.25) is 9.59 Å². The van der Waals surface area contributed by atoms with Gasteiger partial charge >= 0.3 is 0 Å². The summed E-state index contributed by atoms with van der Waals surface area (Å²) in [6, 6.07) is -0.533. The molecule has 0 spiro atoms. The number of carbonyl (C=O) groups is 2. The summed E-state index contributed by atoms with van der Waals surface area (Å²) in [5, 5.41) is 2.91. The van der Waals surface area contributed by atoms with Crippen molar-refractivity contribution in [2.75, 3.05) is 6.61 Å². The summed E-state index contributed by atoms with van der Waals surface area (Å²) in [5.74, 6) is 0.461. The first-order valence-electron chi connectivity index (χ1n) is 7.65. The van der Waals surface area contributed by atoms with Crippen LogP contribution in [-0.4, -0.2) is 47.0 Å². The van der Waals surface area contributed by atoms with Gasteiger partial charge in [-0.1, -0.05) is 0 Å². The Labute approximate surface area is 120 Å². The minimum absolute atomic E-state index is 0.00852. The normalized spacial score (nSPS) is 37.8. The number of carbonyl (C=O) groups excluding carboxylic acids is 2. The number of piperazine rings is 1. The van der Waals surface area contributed by atoms with E-state index in [1.807, 2.05) is 11.8 Å². The fourth-order valence-electron chi connectivity index (χ4n) is 3.50. The van der Waals surface area contributed by atoms with E-state index >= 15 is 0 Å². The van der Waals surface area contributed by atoms with Gasteiger partial charge in [0.2, 0.25) is 11.8 Å². The lowest BCUT2D eigenvalue weighted by Crippen LogP contribution is -2.66. The fraction of sp³-hybridized carbons (Fsp3) is 0.867. The molecule has 2 aliphatic heterocycles. The molecule has 2 amide bonds. The van der Waals surface area contributed by atoms with Gasteiger partial charge in [0.25, 0.3) is 0 Å². The van der Waals surface area contributed by atoms with Gasteiger partial charge in [0.1, 0.15) is 12.1 Å². The smallest absolute Gasteiger partial charge is 0.246 e. The predicted octanol–water partition coefficient (Wildman–Crippen LogP) is 1.07. The number of nitrogens with zero attached hydrogens (tertiary/aromatic N) is 1. The molecule has 0 aromatic heterocycles. The molecule has 0 radical (unpaired) electrons. The summed E-state index contributed by atoms with van der Waals surface area (Å²) in [6.07, 6.45) is 3.73. The van der Waals surface area contributed by atoms with Gasteiger partial charge in [0.05, 0.1) is 5.60 Å². The Hall–Kier alpha value is -1.10. The molecule has 1 aliphatic carbocycles. The number of hydrogen-bond donors (Lipinski definition) is 1. The van der Waals surface area contributed by atoms with E-state index in [0.29, 0.717) is 12.5 Å². The van der Waals surface area contributed by atoms with E-state index in [0.717, 1.165) is 25.7 Å². The standard InChI is InChI=1S/C15H24N2O3/c1-9-13(18)16-12(10-4-5-10)14(19)17(9)11-6-7-20-15(2,3)8-11/h9-12H,4-8H2,1-3H3,(H,16,18). The van der Waals surface area contributed by atoms with E-state index in [1.54, 1.807) is 0 Å². The van der Waals surface area contributed by atoms with Gasteiger partial charge in [0.15, 0.2) is 0 Å². The van der Waals surface area contributed by atoms with E-state index in [4.69, 9.17) is 4.74 Å². The number of nitrogens with one attached hydrogen (secondary N) is 1. The molecule has 5 heteroatoms. The van der Waals surface area contributed by atoms with Crippen LogP contribution in [0.2, 0.25) is 0 Å². The van der Waals surface area contributed by atoms with Crippen LogP contribution in [-0.2, 0) is 14.3 Å². The molecule has 5 nitrogen and oxygen atoms in total. The summed E-state index contributed by atoms with van der Waals surface area (Å²) >= 11 is 0. The summed E-state index contributed by atoms with van der Waals surface area (Å²) in [4.78, 5) is 26.7. The first-order valence-corrected chi connectivity index (χ1v) is 7.65. The monoisotopic (exact) mass is 280 g/mol. The lowest BCUT2D eigenvalue weighted by molar-refractivity contribution is -0.158. The van der Waals surface area contributed by atoms with Gasteiger partial charge < -0.3 is 15.0 Å². The summed E-state index contributed by atoms with van der Waals surface area (Å²) in [5.41, 5.74) is -0.216. The molecule has 1 N–H and O–H groups in total. The Morgan fingerprint density at radius 2 is 1.95 bits per heavy atom. The van der Waals surface area contributed by atoms with E-state index < -0.39 is 0 Å². The zero-order valence-electron chi connectivity index (χ0n) is 12.5. The quantitative estimate of drug-likeness (QED) is 0.823. The van der Waals surface area contributed by atoms with E-state index in [1.165, 1.54) is 0 Å². The average Bonchev–Trinajstić information content (AvgIpc) is 3.17. The maximum atomic E-state index is 12.7. The van der Waals surface area contributed by atoms with Crippen molar-refractivity contribution in [1.29, 1.82) is 0 Å². The van der Waals surface area contributed by atoms with Crippen molar-refractivity contribution >= 4 is 11.8 Å². The van der Waals surface area contributed by atoms with Crippen molar-refractivity contribution in [1.82, 2.24) is 10.2 Å². The van der Waals surface area contributed by atoms with Crippen LogP contribution < -0.4 is 5.32 Å². The lowest BCUT2D eigenvalue weighted by Gasteiger charge is -2.46. The largest absolute Gasteiger partial charge is 0.375 e. The summed E-state index contributed by atoms with van der Waals surface area (Å²) < 4.78 is 5.73. The van der Waals surface area contributed by atoms with Crippen LogP contribution in [0.4, 0.5) is 0 Å².